The fourth-order valence-electron chi connectivity index (χ4n) is 3.55. The maximum atomic E-state index is 11.2. The maximum absolute atomic E-state index is 11.2. The Morgan fingerprint density at radius 1 is 1.08 bits per heavy atom. The third-order valence-electron chi connectivity index (χ3n) is 5.02. The molecule has 4 nitrogen and oxygen atoms in total. The first-order valence-electron chi connectivity index (χ1n) is 8.75. The molecule has 1 aliphatic rings. The molecule has 5 heteroatoms. The number of aliphatic carboxylic acids is 1. The molecule has 1 fully saturated rings. The van der Waals surface area contributed by atoms with Gasteiger partial charge in [0.05, 0.1) is 17.1 Å². The van der Waals surface area contributed by atoms with Gasteiger partial charge in [0.15, 0.2) is 0 Å². The first kappa shape index (κ1) is 16.9. The molecule has 26 heavy (non-hydrogen) atoms. The van der Waals surface area contributed by atoms with E-state index in [1.54, 1.807) is 0 Å². The summed E-state index contributed by atoms with van der Waals surface area (Å²) >= 11 is 6.01. The van der Waals surface area contributed by atoms with E-state index in [-0.39, 0.29) is 5.92 Å². The monoisotopic (exact) mass is 366 g/mol. The van der Waals surface area contributed by atoms with Gasteiger partial charge in [-0.05, 0) is 37.1 Å². The average molecular weight is 367 g/mol. The molecule has 0 spiro atoms. The first-order chi connectivity index (χ1) is 12.6. The molecule has 3 aromatic rings. The Morgan fingerprint density at radius 2 is 1.77 bits per heavy atom. The van der Waals surface area contributed by atoms with E-state index in [1.165, 1.54) is 0 Å². The van der Waals surface area contributed by atoms with Crippen molar-refractivity contribution in [3.05, 3.63) is 59.6 Å². The number of carboxylic acid groups (broad SMARTS) is 1. The molecular formula is C21H19ClN2O2. The summed E-state index contributed by atoms with van der Waals surface area (Å²) < 4.78 is 0. The Bertz CT molecular complexity index is 948. The lowest BCUT2D eigenvalue weighted by Gasteiger charge is -2.33. The Morgan fingerprint density at radius 3 is 2.46 bits per heavy atom. The van der Waals surface area contributed by atoms with Crippen molar-refractivity contribution in [1.29, 1.82) is 0 Å². The molecular weight excluding hydrogens is 348 g/mol. The number of carbonyl (C=O) groups is 1. The molecule has 1 N–H and O–H groups in total. The lowest BCUT2D eigenvalue weighted by Crippen LogP contribution is -2.36. The minimum Gasteiger partial charge on any atom is -0.481 e. The van der Waals surface area contributed by atoms with Gasteiger partial charge in [-0.3, -0.25) is 4.79 Å². The highest BCUT2D eigenvalue weighted by atomic mass is 35.5. The van der Waals surface area contributed by atoms with Crippen LogP contribution in [0.2, 0.25) is 5.02 Å². The van der Waals surface area contributed by atoms with E-state index in [1.807, 2.05) is 42.5 Å². The van der Waals surface area contributed by atoms with Crippen LogP contribution in [-0.4, -0.2) is 29.1 Å². The van der Waals surface area contributed by atoms with Gasteiger partial charge < -0.3 is 10.0 Å². The van der Waals surface area contributed by atoms with Gasteiger partial charge in [0, 0.05) is 34.7 Å². The van der Waals surface area contributed by atoms with Crippen LogP contribution in [-0.2, 0) is 4.79 Å². The molecule has 132 valence electrons. The molecule has 1 saturated heterocycles. The second kappa shape index (κ2) is 6.96. The van der Waals surface area contributed by atoms with Crippen molar-refractivity contribution in [2.45, 2.75) is 12.8 Å². The van der Waals surface area contributed by atoms with Gasteiger partial charge in [-0.2, -0.15) is 0 Å². The third kappa shape index (κ3) is 3.25. The number of aromatic nitrogens is 1. The van der Waals surface area contributed by atoms with Gasteiger partial charge in [0.2, 0.25) is 0 Å². The Labute approximate surface area is 157 Å². The lowest BCUT2D eigenvalue weighted by atomic mass is 9.96. The van der Waals surface area contributed by atoms with E-state index in [0.29, 0.717) is 17.9 Å². The van der Waals surface area contributed by atoms with Crippen LogP contribution in [0.1, 0.15) is 12.8 Å². The van der Waals surface area contributed by atoms with Gasteiger partial charge in [-0.15, -0.1) is 0 Å². The second-order valence-corrected chi connectivity index (χ2v) is 7.09. The fraction of sp³-hybridized carbons (Fsp3) is 0.238. The number of fused-ring (bicyclic) bond motifs is 1. The van der Waals surface area contributed by atoms with Gasteiger partial charge >= 0.3 is 5.97 Å². The largest absolute Gasteiger partial charge is 0.481 e. The quantitative estimate of drug-likeness (QED) is 0.719. The van der Waals surface area contributed by atoms with Crippen LogP contribution < -0.4 is 4.90 Å². The lowest BCUT2D eigenvalue weighted by molar-refractivity contribution is -0.142. The van der Waals surface area contributed by atoms with Crippen LogP contribution in [0.4, 0.5) is 5.69 Å². The molecule has 0 saturated carbocycles. The number of pyridine rings is 1. The summed E-state index contributed by atoms with van der Waals surface area (Å²) in [5.41, 5.74) is 3.97. The minimum absolute atomic E-state index is 0.241. The summed E-state index contributed by atoms with van der Waals surface area (Å²) in [7, 11) is 0. The highest BCUT2D eigenvalue weighted by Crippen LogP contribution is 2.33. The van der Waals surface area contributed by atoms with E-state index in [2.05, 4.69) is 17.0 Å². The second-order valence-electron chi connectivity index (χ2n) is 6.65. The smallest absolute Gasteiger partial charge is 0.306 e. The van der Waals surface area contributed by atoms with Crippen LogP contribution in [0.5, 0.6) is 0 Å². The summed E-state index contributed by atoms with van der Waals surface area (Å²) in [6.45, 7) is 1.48. The molecule has 1 aliphatic heterocycles. The minimum atomic E-state index is -0.689. The number of hydrogen-bond donors (Lipinski definition) is 1. The summed E-state index contributed by atoms with van der Waals surface area (Å²) in [5, 5.41) is 11.0. The molecule has 0 unspecified atom stereocenters. The van der Waals surface area contributed by atoms with Crippen LogP contribution in [0, 0.1) is 5.92 Å². The summed E-state index contributed by atoms with van der Waals surface area (Å²) in [5.74, 6) is -0.929. The fourth-order valence-corrected chi connectivity index (χ4v) is 3.68. The van der Waals surface area contributed by atoms with Gasteiger partial charge in [0.25, 0.3) is 0 Å². The third-order valence-corrected chi connectivity index (χ3v) is 5.27. The SMILES string of the molecule is O=C(O)C1CCN(c2cc(-c3ccc(Cl)cc3)nc3ccccc23)CC1. The molecule has 0 atom stereocenters. The van der Waals surface area contributed by atoms with E-state index in [9.17, 15) is 9.90 Å². The normalized spacial score (nSPS) is 15.3. The van der Waals surface area contributed by atoms with Crippen molar-refractivity contribution in [1.82, 2.24) is 4.98 Å². The predicted molar refractivity (Wildman–Crippen MR) is 105 cm³/mol. The number of hydrogen-bond acceptors (Lipinski definition) is 3. The molecule has 4 rings (SSSR count). The zero-order chi connectivity index (χ0) is 18.1. The number of benzene rings is 2. The number of halogens is 1. The molecule has 2 aromatic carbocycles. The Balaban J connectivity index is 1.76. The number of rotatable bonds is 3. The Hall–Kier alpha value is -2.59. The van der Waals surface area contributed by atoms with E-state index < -0.39 is 5.97 Å². The van der Waals surface area contributed by atoms with E-state index in [4.69, 9.17) is 16.6 Å². The van der Waals surface area contributed by atoms with Gasteiger partial charge in [-0.1, -0.05) is 41.9 Å². The number of para-hydroxylation sites is 1. The first-order valence-corrected chi connectivity index (χ1v) is 9.13. The van der Waals surface area contributed by atoms with Crippen molar-refractivity contribution >= 4 is 34.2 Å². The van der Waals surface area contributed by atoms with E-state index in [0.717, 1.165) is 40.9 Å². The van der Waals surface area contributed by atoms with Crippen molar-refractivity contribution in [3.8, 4) is 11.3 Å². The highest BCUT2D eigenvalue weighted by molar-refractivity contribution is 6.30. The molecule has 2 heterocycles. The summed E-state index contributed by atoms with van der Waals surface area (Å²) in [6, 6.07) is 17.9. The summed E-state index contributed by atoms with van der Waals surface area (Å²) in [6.07, 6.45) is 1.34. The predicted octanol–water partition coefficient (Wildman–Crippen LogP) is 4.86. The molecule has 0 amide bonds. The van der Waals surface area contributed by atoms with Crippen molar-refractivity contribution in [3.63, 3.8) is 0 Å². The average Bonchev–Trinajstić information content (AvgIpc) is 2.68. The number of piperidine rings is 1. The van der Waals surface area contributed by atoms with Crippen molar-refractivity contribution in [2.24, 2.45) is 5.92 Å². The van der Waals surface area contributed by atoms with Crippen LogP contribution in [0.3, 0.4) is 0 Å². The van der Waals surface area contributed by atoms with Crippen LogP contribution in [0.25, 0.3) is 22.2 Å². The molecule has 0 radical (unpaired) electrons. The van der Waals surface area contributed by atoms with Gasteiger partial charge in [0.1, 0.15) is 0 Å². The highest BCUT2D eigenvalue weighted by Gasteiger charge is 2.25. The number of anilines is 1. The number of carboxylic acids is 1. The molecule has 1 aromatic heterocycles. The topological polar surface area (TPSA) is 53.4 Å². The Kier molecular flexibility index (Phi) is 4.51. The molecule has 0 aliphatic carbocycles. The van der Waals surface area contributed by atoms with Crippen molar-refractivity contribution in [2.75, 3.05) is 18.0 Å². The molecule has 0 bridgehead atoms. The van der Waals surface area contributed by atoms with Gasteiger partial charge in [-0.25, -0.2) is 4.98 Å². The maximum Gasteiger partial charge on any atom is 0.306 e. The van der Waals surface area contributed by atoms with E-state index >= 15 is 0 Å². The zero-order valence-corrected chi connectivity index (χ0v) is 15.0. The zero-order valence-electron chi connectivity index (χ0n) is 14.2. The van der Waals surface area contributed by atoms with Crippen LogP contribution in [0.15, 0.2) is 54.6 Å². The van der Waals surface area contributed by atoms with Crippen LogP contribution >= 0.6 is 11.6 Å². The summed E-state index contributed by atoms with van der Waals surface area (Å²) in [4.78, 5) is 18.3. The standard InChI is InChI=1S/C21H19ClN2O2/c22-16-7-5-14(6-8-16)19-13-20(17-3-1-2-4-18(17)23-19)24-11-9-15(10-12-24)21(25)26/h1-8,13,15H,9-12H2,(H,25,26). The van der Waals surface area contributed by atoms with Crippen molar-refractivity contribution < 1.29 is 9.90 Å². The number of nitrogens with zero attached hydrogens (tertiary/aromatic N) is 2.